The van der Waals surface area contributed by atoms with Gasteiger partial charge >= 0.3 is 0 Å². The van der Waals surface area contributed by atoms with Crippen LogP contribution in [0.1, 0.15) is 5.69 Å². The van der Waals surface area contributed by atoms with Crippen molar-refractivity contribution in [1.29, 1.82) is 0 Å². The molecule has 11 heavy (non-hydrogen) atoms. The Hall–Kier alpha value is -1.04. The molecule has 0 amide bonds. The van der Waals surface area contributed by atoms with Crippen LogP contribution in [-0.2, 0) is 6.54 Å². The fourth-order valence-electron chi connectivity index (χ4n) is 0.534. The normalized spacial score (nSPS) is 10.6. The van der Waals surface area contributed by atoms with Crippen molar-refractivity contribution in [3.63, 3.8) is 0 Å². The van der Waals surface area contributed by atoms with Crippen molar-refractivity contribution in [3.05, 3.63) is 22.7 Å². The highest BCUT2D eigenvalue weighted by atomic mass is 79.9. The van der Waals surface area contributed by atoms with Gasteiger partial charge in [-0.3, -0.25) is 4.98 Å². The number of hydrogen-bond acceptors (Lipinski definition) is 4. The number of rotatable bonds is 2. The Kier molecular flexibility index (Phi) is 2.91. The molecule has 1 aromatic heterocycles. The van der Waals surface area contributed by atoms with Crippen LogP contribution in [0.3, 0.4) is 0 Å². The molecule has 0 aliphatic heterocycles. The van der Waals surface area contributed by atoms with Crippen molar-refractivity contribution in [2.45, 2.75) is 6.54 Å². The van der Waals surface area contributed by atoms with Gasteiger partial charge in [-0.2, -0.15) is 5.11 Å². The zero-order chi connectivity index (χ0) is 8.10. The SMILES string of the molecule is NN=NCc1cnc(Br)cn1. The summed E-state index contributed by atoms with van der Waals surface area (Å²) >= 11 is 3.16. The monoisotopic (exact) mass is 215 g/mol. The fraction of sp³-hybridized carbons (Fsp3) is 0.200. The third kappa shape index (κ3) is 2.58. The summed E-state index contributed by atoms with van der Waals surface area (Å²) in [5, 5.41) is 6.66. The second-order valence-electron chi connectivity index (χ2n) is 1.75. The van der Waals surface area contributed by atoms with Crippen LogP contribution in [0.4, 0.5) is 0 Å². The molecule has 1 heterocycles. The molecule has 0 radical (unpaired) electrons. The van der Waals surface area contributed by atoms with E-state index in [2.05, 4.69) is 36.2 Å². The number of aromatic nitrogens is 2. The molecule has 0 aromatic carbocycles. The quantitative estimate of drug-likeness (QED) is 0.456. The van der Waals surface area contributed by atoms with E-state index in [4.69, 9.17) is 5.84 Å². The van der Waals surface area contributed by atoms with Crippen LogP contribution in [0.5, 0.6) is 0 Å². The summed E-state index contributed by atoms with van der Waals surface area (Å²) in [7, 11) is 0. The van der Waals surface area contributed by atoms with Gasteiger partial charge in [0.2, 0.25) is 0 Å². The second kappa shape index (κ2) is 3.97. The molecule has 0 bridgehead atoms. The summed E-state index contributed by atoms with van der Waals surface area (Å²) in [6, 6.07) is 0. The molecule has 0 saturated carbocycles. The molecule has 0 aliphatic carbocycles. The summed E-state index contributed by atoms with van der Waals surface area (Å²) in [6.07, 6.45) is 3.21. The minimum absolute atomic E-state index is 0.372. The standard InChI is InChI=1S/C5H6BrN5/c6-5-3-8-4(1-9-5)2-10-11-7/h1,3H,2H2,(H2,7,10). The molecular formula is C5H6BrN5. The summed E-state index contributed by atoms with van der Waals surface area (Å²) in [5.41, 5.74) is 0.738. The Morgan fingerprint density at radius 3 is 2.82 bits per heavy atom. The number of nitrogens with zero attached hydrogens (tertiary/aromatic N) is 4. The maximum atomic E-state index is 4.81. The maximum Gasteiger partial charge on any atom is 0.124 e. The molecule has 0 unspecified atom stereocenters. The van der Waals surface area contributed by atoms with Crippen molar-refractivity contribution in [1.82, 2.24) is 9.97 Å². The van der Waals surface area contributed by atoms with Crippen LogP contribution in [0, 0.1) is 0 Å². The molecule has 58 valence electrons. The number of halogens is 1. The molecule has 2 N–H and O–H groups in total. The third-order valence-corrected chi connectivity index (χ3v) is 1.40. The molecule has 0 aliphatic rings. The van der Waals surface area contributed by atoms with Crippen molar-refractivity contribution < 1.29 is 0 Å². The minimum atomic E-state index is 0.372. The lowest BCUT2D eigenvalue weighted by atomic mass is 10.5. The zero-order valence-corrected chi connectivity index (χ0v) is 7.19. The van der Waals surface area contributed by atoms with Crippen LogP contribution < -0.4 is 5.84 Å². The summed E-state index contributed by atoms with van der Waals surface area (Å²) in [6.45, 7) is 0.372. The van der Waals surface area contributed by atoms with Crippen LogP contribution in [0.15, 0.2) is 27.3 Å². The summed E-state index contributed by atoms with van der Waals surface area (Å²) in [4.78, 5) is 7.94. The Balaban J connectivity index is 2.66. The van der Waals surface area contributed by atoms with Gasteiger partial charge in [0.15, 0.2) is 0 Å². The lowest BCUT2D eigenvalue weighted by Crippen LogP contribution is -1.89. The Morgan fingerprint density at radius 1 is 1.45 bits per heavy atom. The molecule has 6 heteroatoms. The first kappa shape index (κ1) is 8.06. The van der Waals surface area contributed by atoms with Gasteiger partial charge in [0.1, 0.15) is 11.1 Å². The van der Waals surface area contributed by atoms with E-state index in [1.165, 1.54) is 0 Å². The van der Waals surface area contributed by atoms with Gasteiger partial charge in [0, 0.05) is 0 Å². The van der Waals surface area contributed by atoms with E-state index in [0.29, 0.717) is 11.1 Å². The van der Waals surface area contributed by atoms with Crippen molar-refractivity contribution in [2.24, 2.45) is 16.2 Å². The van der Waals surface area contributed by atoms with Gasteiger partial charge in [-0.15, -0.1) is 0 Å². The molecule has 1 aromatic rings. The highest BCUT2D eigenvalue weighted by Gasteiger charge is 1.92. The van der Waals surface area contributed by atoms with Gasteiger partial charge in [-0.1, -0.05) is 5.22 Å². The van der Waals surface area contributed by atoms with Crippen LogP contribution in [-0.4, -0.2) is 9.97 Å². The maximum absolute atomic E-state index is 4.81. The van der Waals surface area contributed by atoms with Crippen molar-refractivity contribution in [3.8, 4) is 0 Å². The van der Waals surface area contributed by atoms with E-state index in [9.17, 15) is 0 Å². The minimum Gasteiger partial charge on any atom is -0.305 e. The molecule has 0 fully saturated rings. The lowest BCUT2D eigenvalue weighted by molar-refractivity contribution is 0.853. The third-order valence-electron chi connectivity index (χ3n) is 0.988. The molecular weight excluding hydrogens is 210 g/mol. The molecule has 1 rings (SSSR count). The topological polar surface area (TPSA) is 76.5 Å². The summed E-state index contributed by atoms with van der Waals surface area (Å²) in [5.74, 6) is 4.81. The van der Waals surface area contributed by atoms with Gasteiger partial charge in [-0.25, -0.2) is 4.98 Å². The van der Waals surface area contributed by atoms with Crippen LogP contribution in [0.2, 0.25) is 0 Å². The van der Waals surface area contributed by atoms with Gasteiger partial charge in [0.05, 0.1) is 18.1 Å². The van der Waals surface area contributed by atoms with E-state index in [1.807, 2.05) is 0 Å². The first-order valence-corrected chi connectivity index (χ1v) is 3.65. The summed E-state index contributed by atoms with van der Waals surface area (Å²) < 4.78 is 0.700. The van der Waals surface area contributed by atoms with Gasteiger partial charge in [0.25, 0.3) is 0 Å². The van der Waals surface area contributed by atoms with Crippen LogP contribution >= 0.6 is 15.9 Å². The largest absolute Gasteiger partial charge is 0.305 e. The highest BCUT2D eigenvalue weighted by molar-refractivity contribution is 9.10. The average Bonchev–Trinajstić information content (AvgIpc) is 2.04. The van der Waals surface area contributed by atoms with E-state index >= 15 is 0 Å². The molecule has 0 spiro atoms. The van der Waals surface area contributed by atoms with E-state index in [0.717, 1.165) is 5.69 Å². The Bertz CT molecular complexity index is 244. The first-order valence-electron chi connectivity index (χ1n) is 2.86. The molecule has 0 atom stereocenters. The van der Waals surface area contributed by atoms with Crippen molar-refractivity contribution >= 4 is 15.9 Å². The fourth-order valence-corrected chi connectivity index (χ4v) is 0.739. The highest BCUT2D eigenvalue weighted by Crippen LogP contribution is 2.02. The second-order valence-corrected chi connectivity index (χ2v) is 2.56. The van der Waals surface area contributed by atoms with Gasteiger partial charge < -0.3 is 5.84 Å². The van der Waals surface area contributed by atoms with E-state index in [1.54, 1.807) is 12.4 Å². The number of hydrogen-bond donors (Lipinski definition) is 1. The predicted molar refractivity (Wildman–Crippen MR) is 42.5 cm³/mol. The zero-order valence-electron chi connectivity index (χ0n) is 5.61. The van der Waals surface area contributed by atoms with Gasteiger partial charge in [-0.05, 0) is 15.9 Å². The smallest absolute Gasteiger partial charge is 0.124 e. The Morgan fingerprint density at radius 2 is 2.27 bits per heavy atom. The van der Waals surface area contributed by atoms with E-state index < -0.39 is 0 Å². The van der Waals surface area contributed by atoms with E-state index in [-0.39, 0.29) is 0 Å². The Labute approximate surface area is 71.9 Å². The molecule has 5 nitrogen and oxygen atoms in total. The van der Waals surface area contributed by atoms with Crippen molar-refractivity contribution in [2.75, 3.05) is 0 Å². The molecule has 0 saturated heterocycles. The predicted octanol–water partition coefficient (Wildman–Crippen LogP) is 1.07. The number of nitrogens with two attached hydrogens (primary N) is 1. The average molecular weight is 216 g/mol. The van der Waals surface area contributed by atoms with Crippen LogP contribution in [0.25, 0.3) is 0 Å². The first-order chi connectivity index (χ1) is 5.33. The lowest BCUT2D eigenvalue weighted by Gasteiger charge is -1.92.